The van der Waals surface area contributed by atoms with Crippen molar-refractivity contribution in [3.8, 4) is 0 Å². The lowest BCUT2D eigenvalue weighted by molar-refractivity contribution is -0.001000. The Hall–Kier alpha value is -1.68. The van der Waals surface area contributed by atoms with Crippen molar-refractivity contribution >= 4 is 25.1 Å². The zero-order chi connectivity index (χ0) is 28.8. The summed E-state index contributed by atoms with van der Waals surface area (Å²) in [6, 6.07) is 40.0. The van der Waals surface area contributed by atoms with Gasteiger partial charge in [-0.25, -0.2) is 0 Å². The van der Waals surface area contributed by atoms with Gasteiger partial charge in [-0.1, -0.05) is 97.1 Å². The maximum Gasteiger partial charge on any atom is 0.0974 e. The van der Waals surface area contributed by atoms with Crippen LogP contribution in [-0.2, 0) is 12.8 Å². The van der Waals surface area contributed by atoms with Gasteiger partial charge in [0.15, 0.2) is 0 Å². The second-order valence-electron chi connectivity index (χ2n) is 10.8. The Balaban J connectivity index is 0.000000401. The van der Waals surface area contributed by atoms with E-state index in [0.717, 1.165) is 12.8 Å². The second kappa shape index (κ2) is 19.6. The lowest BCUT2D eigenvalue weighted by Crippen LogP contribution is -3.00. The fourth-order valence-corrected chi connectivity index (χ4v) is 13.3. The minimum Gasteiger partial charge on any atom is -1.00 e. The fraction of sp³-hybridized carbons (Fsp3) is 0.368. The molecule has 4 aromatic rings. The van der Waals surface area contributed by atoms with Crippen molar-refractivity contribution < 1.29 is 24.8 Å². The van der Waals surface area contributed by atoms with Crippen LogP contribution in [0.2, 0.25) is 0 Å². The highest BCUT2D eigenvalue weighted by Gasteiger charge is 2.37. The smallest absolute Gasteiger partial charge is 0.0974 e. The van der Waals surface area contributed by atoms with Crippen LogP contribution in [0.1, 0.15) is 63.8 Å². The number of benzene rings is 4. The summed E-state index contributed by atoms with van der Waals surface area (Å²) < 4.78 is 0. The normalized spacial score (nSPS) is 11.0. The van der Waals surface area contributed by atoms with Crippen LogP contribution in [0.5, 0.6) is 0 Å². The van der Waals surface area contributed by atoms with Crippen LogP contribution in [0.3, 0.4) is 0 Å². The molecule has 42 heavy (non-hydrogen) atoms. The van der Waals surface area contributed by atoms with E-state index in [1.54, 1.807) is 10.6 Å². The first-order valence-corrected chi connectivity index (χ1v) is 20.2. The van der Waals surface area contributed by atoms with Gasteiger partial charge in [-0.05, 0) is 75.9 Å². The summed E-state index contributed by atoms with van der Waals surface area (Å²) in [5.41, 5.74) is 5.91. The summed E-state index contributed by atoms with van der Waals surface area (Å²) in [5, 5.41) is 3.33. The molecule has 0 amide bonds. The van der Waals surface area contributed by atoms with Crippen molar-refractivity contribution in [3.05, 3.63) is 131 Å². The van der Waals surface area contributed by atoms with Gasteiger partial charge in [-0.3, -0.25) is 0 Å². The first-order chi connectivity index (χ1) is 19.5. The lowest BCUT2D eigenvalue weighted by atomic mass is 10.1. The van der Waals surface area contributed by atoms with Gasteiger partial charge >= 0.3 is 0 Å². The molecule has 4 heteroatoms. The summed E-state index contributed by atoms with van der Waals surface area (Å²) in [6.07, 6.45) is 10.1. The Labute approximate surface area is 271 Å². The van der Waals surface area contributed by atoms with Gasteiger partial charge in [-0.15, -0.1) is 0 Å². The van der Waals surface area contributed by atoms with Gasteiger partial charge in [0.25, 0.3) is 0 Å². The van der Waals surface area contributed by atoms with Crippen LogP contribution in [0.4, 0.5) is 0 Å². The highest BCUT2D eigenvalue weighted by Crippen LogP contribution is 2.58. The monoisotopic (exact) mass is 640 g/mol. The molecule has 228 valence electrons. The molecule has 4 aromatic carbocycles. The molecule has 0 fully saturated rings. The van der Waals surface area contributed by atoms with Crippen molar-refractivity contribution in [3.63, 3.8) is 0 Å². The largest absolute Gasteiger partial charge is 1.00 e. The quantitative estimate of drug-likeness (QED) is 0.206. The summed E-state index contributed by atoms with van der Waals surface area (Å²) in [4.78, 5) is 0. The minimum absolute atomic E-state index is 0. The van der Waals surface area contributed by atoms with Crippen molar-refractivity contribution in [2.75, 3.05) is 37.0 Å². The molecule has 0 spiro atoms. The van der Waals surface area contributed by atoms with Gasteiger partial charge in [-0.2, -0.15) is 0 Å². The van der Waals surface area contributed by atoms with E-state index in [1.807, 2.05) is 0 Å². The molecule has 0 N–H and O–H groups in total. The third-order valence-electron chi connectivity index (χ3n) is 9.11. The van der Waals surface area contributed by atoms with Gasteiger partial charge in [0.1, 0.15) is 0 Å². The standard InChI is InChI=1S/2C19H26P.2ClH/c2*1-4-20(5-2,6-3)19-15-11-10-14-18(19)16-17-12-8-7-9-13-17;;/h2*7-15H,4-6,16H2,1-3H3;2*1H/q2*+1;;/p-2. The first kappa shape index (κ1) is 38.3. The molecular weight excluding hydrogens is 589 g/mol. The predicted molar refractivity (Wildman–Crippen MR) is 188 cm³/mol. The highest BCUT2D eigenvalue weighted by atomic mass is 35.5. The Morgan fingerprint density at radius 3 is 0.905 bits per heavy atom. The lowest BCUT2D eigenvalue weighted by Gasteiger charge is -2.25. The molecule has 0 aliphatic heterocycles. The average Bonchev–Trinajstić information content (AvgIpc) is 3.02. The van der Waals surface area contributed by atoms with Crippen molar-refractivity contribution in [1.29, 1.82) is 0 Å². The second-order valence-corrected chi connectivity index (χ2v) is 20.1. The van der Waals surface area contributed by atoms with Gasteiger partial charge in [0, 0.05) is 27.4 Å². The molecule has 0 saturated carbocycles. The molecule has 0 aromatic heterocycles. The molecular formula is C38H52Cl2P2. The summed E-state index contributed by atoms with van der Waals surface area (Å²) in [5.74, 6) is 0. The number of hydrogen-bond acceptors (Lipinski definition) is 0. The van der Waals surface area contributed by atoms with Crippen LogP contribution in [0.25, 0.3) is 0 Å². The Morgan fingerprint density at radius 1 is 0.357 bits per heavy atom. The summed E-state index contributed by atoms with van der Waals surface area (Å²) in [6.45, 7) is 14.3. The third kappa shape index (κ3) is 9.66. The molecule has 0 bridgehead atoms. The first-order valence-electron chi connectivity index (χ1n) is 15.5. The maximum absolute atomic E-state index is 2.39. The fourth-order valence-electron chi connectivity index (χ4n) is 6.24. The topological polar surface area (TPSA) is 0 Å². The average molecular weight is 642 g/mol. The van der Waals surface area contributed by atoms with Crippen LogP contribution < -0.4 is 35.4 Å². The predicted octanol–water partition coefficient (Wildman–Crippen LogP) is 3.97. The Morgan fingerprint density at radius 2 is 0.619 bits per heavy atom. The molecule has 0 aliphatic rings. The van der Waals surface area contributed by atoms with Crippen LogP contribution in [0, 0.1) is 0 Å². The number of rotatable bonds is 12. The van der Waals surface area contributed by atoms with Crippen LogP contribution >= 0.6 is 14.5 Å². The molecule has 0 radical (unpaired) electrons. The van der Waals surface area contributed by atoms with E-state index >= 15 is 0 Å². The van der Waals surface area contributed by atoms with E-state index in [4.69, 9.17) is 0 Å². The van der Waals surface area contributed by atoms with E-state index in [2.05, 4.69) is 151 Å². The van der Waals surface area contributed by atoms with Crippen molar-refractivity contribution in [2.24, 2.45) is 0 Å². The van der Waals surface area contributed by atoms with E-state index in [1.165, 1.54) is 59.2 Å². The SMILES string of the molecule is CC[P+](CC)(CC)c1ccccc1Cc1ccccc1.CC[P+](CC)(CC)c1ccccc1Cc1ccccc1.[Cl-].[Cl-]. The van der Waals surface area contributed by atoms with Crippen molar-refractivity contribution in [1.82, 2.24) is 0 Å². The van der Waals surface area contributed by atoms with Gasteiger partial charge < -0.3 is 24.8 Å². The third-order valence-corrected chi connectivity index (χ3v) is 19.3. The van der Waals surface area contributed by atoms with Gasteiger partial charge in [0.2, 0.25) is 0 Å². The molecule has 0 unspecified atom stereocenters. The van der Waals surface area contributed by atoms with Gasteiger partial charge in [0.05, 0.1) is 47.6 Å². The molecule has 0 atom stereocenters. The number of hydrogen-bond donors (Lipinski definition) is 0. The van der Waals surface area contributed by atoms with E-state index in [9.17, 15) is 0 Å². The molecule has 0 aliphatic carbocycles. The zero-order valence-corrected chi connectivity index (χ0v) is 30.0. The zero-order valence-electron chi connectivity index (χ0n) is 26.7. The molecule has 0 heterocycles. The minimum atomic E-state index is -0.966. The van der Waals surface area contributed by atoms with Crippen LogP contribution in [0.15, 0.2) is 109 Å². The van der Waals surface area contributed by atoms with E-state index in [-0.39, 0.29) is 24.8 Å². The Bertz CT molecular complexity index is 1150. The summed E-state index contributed by atoms with van der Waals surface area (Å²) in [7, 11) is -1.93. The molecule has 4 rings (SSSR count). The molecule has 0 nitrogen and oxygen atoms in total. The summed E-state index contributed by atoms with van der Waals surface area (Å²) >= 11 is 0. The Kier molecular flexibility index (Phi) is 17.9. The number of halogens is 2. The highest BCUT2D eigenvalue weighted by molar-refractivity contribution is 7.83. The van der Waals surface area contributed by atoms with Crippen molar-refractivity contribution in [2.45, 2.75) is 54.4 Å². The van der Waals surface area contributed by atoms with E-state index in [0.29, 0.717) is 0 Å². The van der Waals surface area contributed by atoms with E-state index < -0.39 is 14.5 Å². The molecule has 0 saturated heterocycles. The maximum atomic E-state index is 2.39. The van der Waals surface area contributed by atoms with Crippen LogP contribution in [-0.4, -0.2) is 37.0 Å².